The molecule has 0 aromatic rings. The zero-order valence-electron chi connectivity index (χ0n) is 7.58. The maximum absolute atomic E-state index is 11.5. The lowest BCUT2D eigenvalue weighted by atomic mass is 9.86. The Bertz CT molecular complexity index is 188. The second kappa shape index (κ2) is 3.17. The first-order chi connectivity index (χ1) is 5.81. The molecule has 12 heavy (non-hydrogen) atoms. The van der Waals surface area contributed by atoms with Gasteiger partial charge in [-0.2, -0.15) is 0 Å². The fourth-order valence-electron chi connectivity index (χ4n) is 2.59. The third-order valence-corrected chi connectivity index (χ3v) is 3.24. The highest BCUT2D eigenvalue weighted by atomic mass is 16.5. The van der Waals surface area contributed by atoms with E-state index < -0.39 is 0 Å². The normalized spacial score (nSPS) is 40.4. The van der Waals surface area contributed by atoms with E-state index in [4.69, 9.17) is 4.74 Å². The number of carbonyl (C=O) groups excluding carboxylic acids is 1. The van der Waals surface area contributed by atoms with Crippen molar-refractivity contribution in [2.75, 3.05) is 6.61 Å². The van der Waals surface area contributed by atoms with Crippen LogP contribution in [0.5, 0.6) is 0 Å². The zero-order chi connectivity index (χ0) is 8.55. The van der Waals surface area contributed by atoms with Gasteiger partial charge >= 0.3 is 0 Å². The molecule has 0 aliphatic heterocycles. The second-order valence-corrected chi connectivity index (χ2v) is 3.93. The Morgan fingerprint density at radius 2 is 2.33 bits per heavy atom. The van der Waals surface area contributed by atoms with Crippen LogP contribution in [0.1, 0.15) is 32.6 Å². The molecular weight excluding hydrogens is 152 g/mol. The SMILES string of the molecule is CCOC1CC(=O)C2CCC1C2. The Kier molecular flexibility index (Phi) is 2.18. The minimum absolute atomic E-state index is 0.251. The van der Waals surface area contributed by atoms with Crippen LogP contribution in [0.3, 0.4) is 0 Å². The molecule has 0 aromatic heterocycles. The van der Waals surface area contributed by atoms with E-state index in [1.54, 1.807) is 0 Å². The number of rotatable bonds is 2. The highest BCUT2D eigenvalue weighted by Crippen LogP contribution is 2.41. The lowest BCUT2D eigenvalue weighted by Crippen LogP contribution is -2.31. The van der Waals surface area contributed by atoms with Crippen LogP contribution in [0.4, 0.5) is 0 Å². The predicted molar refractivity (Wildman–Crippen MR) is 45.9 cm³/mol. The first kappa shape index (κ1) is 8.24. The summed E-state index contributed by atoms with van der Waals surface area (Å²) in [5, 5.41) is 0. The Hall–Kier alpha value is -0.370. The Balaban J connectivity index is 2.02. The minimum Gasteiger partial charge on any atom is -0.378 e. The highest BCUT2D eigenvalue weighted by Gasteiger charge is 2.41. The highest BCUT2D eigenvalue weighted by molar-refractivity contribution is 5.82. The van der Waals surface area contributed by atoms with Crippen molar-refractivity contribution in [1.82, 2.24) is 0 Å². The van der Waals surface area contributed by atoms with Crippen LogP contribution in [0.25, 0.3) is 0 Å². The van der Waals surface area contributed by atoms with Gasteiger partial charge in [-0.1, -0.05) is 0 Å². The molecule has 2 saturated carbocycles. The van der Waals surface area contributed by atoms with Crippen LogP contribution in [0.15, 0.2) is 0 Å². The van der Waals surface area contributed by atoms with E-state index in [1.165, 1.54) is 6.42 Å². The van der Waals surface area contributed by atoms with Crippen molar-refractivity contribution in [3.05, 3.63) is 0 Å². The molecule has 2 bridgehead atoms. The quantitative estimate of drug-likeness (QED) is 0.628. The number of carbonyl (C=O) groups is 1. The first-order valence-corrected chi connectivity index (χ1v) is 4.95. The van der Waals surface area contributed by atoms with E-state index in [0.29, 0.717) is 24.0 Å². The monoisotopic (exact) mass is 168 g/mol. The van der Waals surface area contributed by atoms with Crippen molar-refractivity contribution < 1.29 is 9.53 Å². The van der Waals surface area contributed by atoms with Crippen LogP contribution in [-0.2, 0) is 9.53 Å². The van der Waals surface area contributed by atoms with Crippen LogP contribution in [0, 0.1) is 11.8 Å². The Morgan fingerprint density at radius 3 is 3.08 bits per heavy atom. The molecule has 0 aromatic carbocycles. The molecule has 2 heteroatoms. The van der Waals surface area contributed by atoms with Gasteiger partial charge in [0.25, 0.3) is 0 Å². The van der Waals surface area contributed by atoms with Gasteiger partial charge in [-0.25, -0.2) is 0 Å². The molecule has 0 radical (unpaired) electrons. The molecule has 0 amide bonds. The Morgan fingerprint density at radius 1 is 1.50 bits per heavy atom. The average Bonchev–Trinajstić information content (AvgIpc) is 2.46. The molecule has 2 nitrogen and oxygen atoms in total. The standard InChI is InChI=1S/C10H16O2/c1-2-12-10-6-9(11)7-3-4-8(10)5-7/h7-8,10H,2-6H2,1H3. The molecule has 68 valence electrons. The molecule has 0 heterocycles. The summed E-state index contributed by atoms with van der Waals surface area (Å²) in [6, 6.07) is 0. The number of ether oxygens (including phenoxy) is 1. The molecule has 2 aliphatic carbocycles. The van der Waals surface area contributed by atoms with Gasteiger partial charge in [0, 0.05) is 18.9 Å². The number of Topliss-reactive ketones (excluding diaryl/α,β-unsaturated/α-hetero) is 1. The summed E-state index contributed by atoms with van der Waals surface area (Å²) >= 11 is 0. The number of hydrogen-bond donors (Lipinski definition) is 0. The summed E-state index contributed by atoms with van der Waals surface area (Å²) in [5.41, 5.74) is 0. The molecular formula is C10H16O2. The van der Waals surface area contributed by atoms with Crippen molar-refractivity contribution in [3.63, 3.8) is 0 Å². The molecule has 2 fully saturated rings. The first-order valence-electron chi connectivity index (χ1n) is 4.95. The summed E-state index contributed by atoms with van der Waals surface area (Å²) in [7, 11) is 0. The van der Waals surface area contributed by atoms with Crippen molar-refractivity contribution in [3.8, 4) is 0 Å². The summed E-state index contributed by atoms with van der Waals surface area (Å²) in [6.07, 6.45) is 4.36. The van der Waals surface area contributed by atoms with Crippen LogP contribution in [0.2, 0.25) is 0 Å². The fourth-order valence-corrected chi connectivity index (χ4v) is 2.59. The van der Waals surface area contributed by atoms with Crippen LogP contribution >= 0.6 is 0 Å². The van der Waals surface area contributed by atoms with Gasteiger partial charge in [0.15, 0.2) is 0 Å². The van der Waals surface area contributed by atoms with E-state index in [2.05, 4.69) is 0 Å². The van der Waals surface area contributed by atoms with Gasteiger partial charge in [0.05, 0.1) is 6.10 Å². The molecule has 2 aliphatic rings. The van der Waals surface area contributed by atoms with E-state index in [-0.39, 0.29) is 6.10 Å². The maximum Gasteiger partial charge on any atom is 0.138 e. The molecule has 0 N–H and O–H groups in total. The number of hydrogen-bond acceptors (Lipinski definition) is 2. The van der Waals surface area contributed by atoms with Crippen molar-refractivity contribution >= 4 is 5.78 Å². The van der Waals surface area contributed by atoms with Gasteiger partial charge in [-0.15, -0.1) is 0 Å². The lowest BCUT2D eigenvalue weighted by Gasteiger charge is -2.27. The predicted octanol–water partition coefficient (Wildman–Crippen LogP) is 1.78. The molecule has 0 spiro atoms. The van der Waals surface area contributed by atoms with Crippen LogP contribution < -0.4 is 0 Å². The third-order valence-electron chi connectivity index (χ3n) is 3.24. The molecule has 0 saturated heterocycles. The minimum atomic E-state index is 0.251. The lowest BCUT2D eigenvalue weighted by molar-refractivity contribution is -0.129. The van der Waals surface area contributed by atoms with Gasteiger partial charge in [0.1, 0.15) is 5.78 Å². The van der Waals surface area contributed by atoms with E-state index in [0.717, 1.165) is 19.4 Å². The smallest absolute Gasteiger partial charge is 0.138 e. The maximum atomic E-state index is 11.5. The second-order valence-electron chi connectivity index (χ2n) is 3.93. The van der Waals surface area contributed by atoms with Gasteiger partial charge in [0.2, 0.25) is 0 Å². The molecule has 3 unspecified atom stereocenters. The number of ketones is 1. The summed E-state index contributed by atoms with van der Waals surface area (Å²) in [4.78, 5) is 11.5. The topological polar surface area (TPSA) is 26.3 Å². The third kappa shape index (κ3) is 1.28. The van der Waals surface area contributed by atoms with Crippen molar-refractivity contribution in [2.24, 2.45) is 11.8 Å². The van der Waals surface area contributed by atoms with Gasteiger partial charge < -0.3 is 4.74 Å². The molecule has 2 rings (SSSR count). The van der Waals surface area contributed by atoms with E-state index >= 15 is 0 Å². The van der Waals surface area contributed by atoms with Gasteiger partial charge in [-0.3, -0.25) is 4.79 Å². The summed E-state index contributed by atoms with van der Waals surface area (Å²) < 4.78 is 5.56. The Labute approximate surface area is 73.3 Å². The van der Waals surface area contributed by atoms with E-state index in [9.17, 15) is 4.79 Å². The zero-order valence-corrected chi connectivity index (χ0v) is 7.58. The van der Waals surface area contributed by atoms with E-state index in [1.807, 2.05) is 6.92 Å². The molecule has 3 atom stereocenters. The van der Waals surface area contributed by atoms with Crippen molar-refractivity contribution in [1.29, 1.82) is 0 Å². The average molecular weight is 168 g/mol. The summed E-state index contributed by atoms with van der Waals surface area (Å²) in [6.45, 7) is 2.75. The fraction of sp³-hybridized carbons (Fsp3) is 0.900. The van der Waals surface area contributed by atoms with Gasteiger partial charge in [-0.05, 0) is 32.1 Å². The summed E-state index contributed by atoms with van der Waals surface area (Å²) in [5.74, 6) is 1.53. The largest absolute Gasteiger partial charge is 0.378 e. The number of fused-ring (bicyclic) bond motifs is 2. The van der Waals surface area contributed by atoms with Crippen LogP contribution in [-0.4, -0.2) is 18.5 Å². The van der Waals surface area contributed by atoms with Crippen molar-refractivity contribution in [2.45, 2.75) is 38.7 Å².